The Morgan fingerprint density at radius 3 is 1.81 bits per heavy atom. The zero-order chi connectivity index (χ0) is 11.2. The van der Waals surface area contributed by atoms with Gasteiger partial charge in [-0.15, -0.1) is 0 Å². The van der Waals surface area contributed by atoms with E-state index in [-0.39, 0.29) is 46.8 Å². The second-order valence-electron chi connectivity index (χ2n) is 6.34. The molecule has 0 aliphatic heterocycles. The number of nitrogens with two attached hydrogens (primary N) is 1. The van der Waals surface area contributed by atoms with E-state index in [1.54, 1.807) is 0 Å². The highest BCUT2D eigenvalue weighted by atomic mass is 19.4. The summed E-state index contributed by atoms with van der Waals surface area (Å²) in [7, 11) is 0. The first kappa shape index (κ1) is 8.37. The van der Waals surface area contributed by atoms with Crippen molar-refractivity contribution in [1.29, 1.82) is 0 Å². The van der Waals surface area contributed by atoms with Gasteiger partial charge >= 0.3 is 6.18 Å². The maximum absolute atomic E-state index is 13.0. The van der Waals surface area contributed by atoms with E-state index in [1.165, 1.54) is 0 Å². The van der Waals surface area contributed by atoms with Gasteiger partial charge in [-0.3, -0.25) is 4.79 Å². The third-order valence-electron chi connectivity index (χ3n) is 6.81. The Balaban J connectivity index is 1.52. The molecule has 86 valence electrons. The van der Waals surface area contributed by atoms with E-state index in [2.05, 4.69) is 0 Å². The number of carbonyl (C=O) groups is 1. The fourth-order valence-electron chi connectivity index (χ4n) is 6.97. The summed E-state index contributed by atoms with van der Waals surface area (Å²) in [6.07, 6.45) is -3.67. The molecular weight excluding hydrogens is 219 g/mol. The number of hydrogen-bond acceptors (Lipinski definition) is 1. The second kappa shape index (κ2) is 1.63. The molecule has 2 N–H and O–H groups in total. The molecule has 0 radical (unpaired) electrons. The van der Waals surface area contributed by atoms with E-state index >= 15 is 0 Å². The zero-order valence-electron chi connectivity index (χ0n) is 8.29. The molecule has 16 heavy (non-hydrogen) atoms. The van der Waals surface area contributed by atoms with Gasteiger partial charge in [0.25, 0.3) is 0 Å². The van der Waals surface area contributed by atoms with Gasteiger partial charge in [0.1, 0.15) is 0 Å². The van der Waals surface area contributed by atoms with Crippen LogP contribution >= 0.6 is 0 Å². The molecule has 6 aliphatic rings. The van der Waals surface area contributed by atoms with Gasteiger partial charge in [-0.2, -0.15) is 13.2 Å². The summed E-state index contributed by atoms with van der Waals surface area (Å²) in [5.41, 5.74) is 3.86. The third-order valence-corrected chi connectivity index (χ3v) is 6.81. The third kappa shape index (κ3) is 0.371. The van der Waals surface area contributed by atoms with Crippen LogP contribution in [0, 0.1) is 46.3 Å². The number of carbonyl (C=O) groups excluding carboxylic acids is 1. The van der Waals surface area contributed by atoms with Gasteiger partial charge in [0.2, 0.25) is 5.91 Å². The molecule has 0 aromatic rings. The van der Waals surface area contributed by atoms with E-state index < -0.39 is 11.6 Å². The molecule has 6 aliphatic carbocycles. The van der Waals surface area contributed by atoms with Gasteiger partial charge in [-0.05, 0) is 40.9 Å². The van der Waals surface area contributed by atoms with Gasteiger partial charge in [-0.25, -0.2) is 0 Å². The molecule has 2 nitrogen and oxygen atoms in total. The van der Waals surface area contributed by atoms with Crippen molar-refractivity contribution in [2.45, 2.75) is 12.6 Å². The lowest BCUT2D eigenvalue weighted by Crippen LogP contribution is -3.11. The molecule has 0 heterocycles. The van der Waals surface area contributed by atoms with Crippen LogP contribution in [0.2, 0.25) is 0 Å². The Morgan fingerprint density at radius 2 is 1.50 bits per heavy atom. The van der Waals surface area contributed by atoms with Crippen molar-refractivity contribution >= 4 is 5.91 Å². The number of alkyl halides is 3. The molecule has 0 saturated heterocycles. The Labute approximate surface area is 89.4 Å². The average Bonchev–Trinajstić information content (AvgIpc) is 2.15. The normalized spacial score (nSPS) is 70.2. The lowest BCUT2D eigenvalue weighted by atomic mass is 8.92. The molecule has 1 amide bonds. The first-order chi connectivity index (χ1) is 7.40. The van der Waals surface area contributed by atoms with Crippen molar-refractivity contribution in [3.63, 3.8) is 0 Å². The topological polar surface area (TPSA) is 43.1 Å². The molecule has 0 unspecified atom stereocenters. The molecule has 5 heteroatoms. The maximum Gasteiger partial charge on any atom is 0.395 e. The largest absolute Gasteiger partial charge is 0.395 e. The van der Waals surface area contributed by atoms with Crippen LogP contribution < -0.4 is 5.73 Å². The maximum atomic E-state index is 13.0. The summed E-state index contributed by atoms with van der Waals surface area (Å²) in [6.45, 7) is 0. The van der Waals surface area contributed by atoms with Gasteiger partial charge in [0.05, 0.1) is 5.41 Å². The van der Waals surface area contributed by atoms with Crippen LogP contribution in [0.4, 0.5) is 13.2 Å². The standard InChI is InChI=1S/C11H10F3NO/c12-11(13,14)10-6-3-7(10)5-8(10)4(6)9(3,5)1-2(15)16/h3-8H,1H2,(H2,15,16). The van der Waals surface area contributed by atoms with Crippen LogP contribution in [-0.2, 0) is 4.79 Å². The highest BCUT2D eigenvalue weighted by Crippen LogP contribution is 3.12. The lowest BCUT2D eigenvalue weighted by molar-refractivity contribution is -0.690. The fourth-order valence-corrected chi connectivity index (χ4v) is 6.97. The summed E-state index contributed by atoms with van der Waals surface area (Å²) in [5, 5.41) is 0. The predicted molar refractivity (Wildman–Crippen MR) is 45.7 cm³/mol. The first-order valence-corrected chi connectivity index (χ1v) is 5.75. The molecule has 0 atom stereocenters. The Bertz CT molecular complexity index is 415. The monoisotopic (exact) mass is 229 g/mol. The van der Waals surface area contributed by atoms with Gasteiger partial charge in [-0.1, -0.05) is 0 Å². The Morgan fingerprint density at radius 1 is 1.06 bits per heavy atom. The van der Waals surface area contributed by atoms with Crippen molar-refractivity contribution in [1.82, 2.24) is 0 Å². The van der Waals surface area contributed by atoms with Crippen LogP contribution in [0.3, 0.4) is 0 Å². The minimum absolute atomic E-state index is 0.0428. The SMILES string of the molecule is NC(=O)CC12C3C4C1C1C2C3C41C(F)(F)F. The molecule has 0 bridgehead atoms. The number of rotatable bonds is 2. The molecular formula is C11H10F3NO. The lowest BCUT2D eigenvalue weighted by Gasteiger charge is -3.11. The first-order valence-electron chi connectivity index (χ1n) is 5.75. The Kier molecular flexibility index (Phi) is 0.850. The predicted octanol–water partition coefficient (Wildman–Crippen LogP) is 1.16. The number of hydrogen-bond donors (Lipinski definition) is 1. The van der Waals surface area contributed by atoms with Gasteiger partial charge < -0.3 is 5.73 Å². The second-order valence-corrected chi connectivity index (χ2v) is 6.34. The Hall–Kier alpha value is -0.740. The van der Waals surface area contributed by atoms with Crippen LogP contribution in [0.1, 0.15) is 6.42 Å². The zero-order valence-corrected chi connectivity index (χ0v) is 8.29. The van der Waals surface area contributed by atoms with Gasteiger partial charge in [0, 0.05) is 6.42 Å². The fraction of sp³-hybridized carbons (Fsp3) is 0.909. The van der Waals surface area contributed by atoms with Crippen LogP contribution in [0.25, 0.3) is 0 Å². The molecule has 0 spiro atoms. The summed E-state index contributed by atoms with van der Waals surface area (Å²) in [5.74, 6) is -0.146. The van der Waals surface area contributed by atoms with E-state index in [0.717, 1.165) is 0 Å². The summed E-state index contributed by atoms with van der Waals surface area (Å²) in [6, 6.07) is 0. The number of primary amides is 1. The highest BCUT2D eigenvalue weighted by molar-refractivity contribution is 5.77. The smallest absolute Gasteiger partial charge is 0.370 e. The average molecular weight is 229 g/mol. The minimum atomic E-state index is -4.00. The van der Waals surface area contributed by atoms with E-state index in [4.69, 9.17) is 5.73 Å². The van der Waals surface area contributed by atoms with Crippen molar-refractivity contribution in [3.05, 3.63) is 0 Å². The molecule has 0 aromatic heterocycles. The van der Waals surface area contributed by atoms with E-state index in [0.29, 0.717) is 6.42 Å². The van der Waals surface area contributed by atoms with Crippen LogP contribution in [-0.4, -0.2) is 12.1 Å². The van der Waals surface area contributed by atoms with E-state index in [1.807, 2.05) is 0 Å². The molecule has 0 aromatic carbocycles. The number of amides is 1. The summed E-state index contributed by atoms with van der Waals surface area (Å²) >= 11 is 0. The highest BCUT2D eigenvalue weighted by Gasteiger charge is 3.13. The van der Waals surface area contributed by atoms with Crippen LogP contribution in [0.5, 0.6) is 0 Å². The van der Waals surface area contributed by atoms with Crippen molar-refractivity contribution < 1.29 is 18.0 Å². The van der Waals surface area contributed by atoms with Gasteiger partial charge in [0.15, 0.2) is 0 Å². The van der Waals surface area contributed by atoms with Crippen LogP contribution in [0.15, 0.2) is 0 Å². The van der Waals surface area contributed by atoms with Crippen molar-refractivity contribution in [2.24, 2.45) is 52.1 Å². The summed E-state index contributed by atoms with van der Waals surface area (Å²) in [4.78, 5) is 11.0. The molecule has 6 saturated carbocycles. The quantitative estimate of drug-likeness (QED) is 0.758. The van der Waals surface area contributed by atoms with E-state index in [9.17, 15) is 18.0 Å². The molecule has 6 fully saturated rings. The minimum Gasteiger partial charge on any atom is -0.370 e. The van der Waals surface area contributed by atoms with Crippen molar-refractivity contribution in [2.75, 3.05) is 0 Å². The summed E-state index contributed by atoms with van der Waals surface area (Å²) < 4.78 is 38.9. The molecule has 6 rings (SSSR count). The number of halogens is 3. The van der Waals surface area contributed by atoms with Crippen molar-refractivity contribution in [3.8, 4) is 0 Å².